The van der Waals surface area contributed by atoms with E-state index in [1.807, 2.05) is 36.5 Å². The van der Waals surface area contributed by atoms with Crippen LogP contribution in [0.5, 0.6) is 0 Å². The van der Waals surface area contributed by atoms with Crippen LogP contribution in [-0.2, 0) is 6.42 Å². The Balaban J connectivity index is 0.00000196. The Kier molecular flexibility index (Phi) is 5.44. The Hall–Kier alpha value is -2.17. The molecule has 2 N–H and O–H groups in total. The number of hydrogen-bond donors (Lipinski definition) is 2. The summed E-state index contributed by atoms with van der Waals surface area (Å²) in [4.78, 5) is 16.6. The molecule has 3 aromatic rings. The van der Waals surface area contributed by atoms with Crippen LogP contribution in [-0.4, -0.2) is 23.9 Å². The van der Waals surface area contributed by atoms with E-state index >= 15 is 0 Å². The first kappa shape index (κ1) is 18.6. The largest absolute Gasteiger partial charge is 0.361 e. The fourth-order valence-electron chi connectivity index (χ4n) is 3.93. The lowest BCUT2D eigenvalue weighted by Gasteiger charge is -2.36. The summed E-state index contributed by atoms with van der Waals surface area (Å²) in [5.74, 6) is -0.107. The monoisotopic (exact) mass is 372 g/mol. The van der Waals surface area contributed by atoms with E-state index < -0.39 is 5.41 Å². The normalized spacial score (nSPS) is 19.9. The minimum atomic E-state index is -0.518. The third-order valence-corrected chi connectivity index (χ3v) is 5.20. The molecule has 4 rings (SSSR count). The van der Waals surface area contributed by atoms with Gasteiger partial charge in [-0.2, -0.15) is 0 Å². The number of aromatic nitrogens is 1. The van der Waals surface area contributed by atoms with Crippen molar-refractivity contribution in [2.45, 2.75) is 19.3 Å². The number of carbonyl (C=O) groups excluding carboxylic acids is 1. The number of benzene rings is 2. The average Bonchev–Trinajstić information content (AvgIpc) is 3.09. The van der Waals surface area contributed by atoms with Crippen LogP contribution in [0, 0.1) is 11.2 Å². The molecule has 0 saturated carbocycles. The molecule has 1 aromatic heterocycles. The lowest BCUT2D eigenvalue weighted by Crippen LogP contribution is -2.47. The van der Waals surface area contributed by atoms with Crippen LogP contribution in [0.15, 0.2) is 54.7 Å². The maximum absolute atomic E-state index is 13.6. The third kappa shape index (κ3) is 3.53. The summed E-state index contributed by atoms with van der Waals surface area (Å²) in [7, 11) is 0. The van der Waals surface area contributed by atoms with Gasteiger partial charge in [-0.25, -0.2) is 4.39 Å². The van der Waals surface area contributed by atoms with E-state index in [0.717, 1.165) is 41.4 Å². The van der Waals surface area contributed by atoms with Gasteiger partial charge < -0.3 is 10.3 Å². The molecular weight excluding hydrogens is 351 g/mol. The van der Waals surface area contributed by atoms with Crippen molar-refractivity contribution in [2.24, 2.45) is 5.41 Å². The van der Waals surface area contributed by atoms with Crippen LogP contribution in [0.3, 0.4) is 0 Å². The van der Waals surface area contributed by atoms with Crippen LogP contribution in [0.4, 0.5) is 4.39 Å². The molecule has 1 fully saturated rings. The number of fused-ring (bicyclic) bond motifs is 1. The Morgan fingerprint density at radius 3 is 2.81 bits per heavy atom. The number of H-pyrrole nitrogens is 1. The van der Waals surface area contributed by atoms with Crippen LogP contribution >= 0.6 is 12.4 Å². The van der Waals surface area contributed by atoms with E-state index in [1.54, 1.807) is 12.1 Å². The van der Waals surface area contributed by atoms with Crippen LogP contribution < -0.4 is 5.32 Å². The molecule has 2 heterocycles. The Labute approximate surface area is 158 Å². The second kappa shape index (κ2) is 7.60. The van der Waals surface area contributed by atoms with Gasteiger partial charge in [-0.3, -0.25) is 4.79 Å². The molecule has 136 valence electrons. The molecule has 26 heavy (non-hydrogen) atoms. The molecule has 2 aromatic carbocycles. The number of Topliss-reactive ketones (excluding diaryl/α,β-unsaturated/α-hetero) is 1. The third-order valence-electron chi connectivity index (χ3n) is 5.20. The molecule has 1 aliphatic rings. The second-order valence-electron chi connectivity index (χ2n) is 6.98. The molecule has 0 bridgehead atoms. The van der Waals surface area contributed by atoms with Gasteiger partial charge in [-0.05, 0) is 67.8 Å². The molecule has 0 aliphatic carbocycles. The topological polar surface area (TPSA) is 44.9 Å². The van der Waals surface area contributed by atoms with Gasteiger partial charge in [0.15, 0.2) is 5.78 Å². The summed E-state index contributed by atoms with van der Waals surface area (Å²) in [6.45, 7) is 1.56. The number of rotatable bonds is 4. The van der Waals surface area contributed by atoms with Crippen LogP contribution in [0.1, 0.15) is 28.8 Å². The molecule has 0 amide bonds. The SMILES string of the molecule is Cl.O=C(c1ccc2[nH]ccc2c1)C1(Cc2cccc(F)c2)CCCNC1. The zero-order valence-electron chi connectivity index (χ0n) is 14.4. The lowest BCUT2D eigenvalue weighted by molar-refractivity contribution is 0.0738. The van der Waals surface area contributed by atoms with E-state index in [9.17, 15) is 9.18 Å². The van der Waals surface area contributed by atoms with Crippen molar-refractivity contribution in [3.05, 3.63) is 71.7 Å². The molecule has 1 aliphatic heterocycles. The Morgan fingerprint density at radius 1 is 1.15 bits per heavy atom. The first-order valence-electron chi connectivity index (χ1n) is 8.73. The summed E-state index contributed by atoms with van der Waals surface area (Å²) in [5.41, 5.74) is 2.11. The number of halogens is 2. The smallest absolute Gasteiger partial charge is 0.170 e. The number of nitrogens with one attached hydrogen (secondary N) is 2. The average molecular weight is 373 g/mol. The van der Waals surface area contributed by atoms with Gasteiger partial charge in [-0.1, -0.05) is 12.1 Å². The first-order valence-corrected chi connectivity index (χ1v) is 8.73. The van der Waals surface area contributed by atoms with Gasteiger partial charge in [0, 0.05) is 29.2 Å². The highest BCUT2D eigenvalue weighted by molar-refractivity contribution is 6.03. The van der Waals surface area contributed by atoms with Gasteiger partial charge in [0.1, 0.15) is 5.82 Å². The van der Waals surface area contributed by atoms with Crippen molar-refractivity contribution in [3.63, 3.8) is 0 Å². The highest BCUT2D eigenvalue weighted by Crippen LogP contribution is 2.35. The highest BCUT2D eigenvalue weighted by Gasteiger charge is 2.40. The molecule has 0 spiro atoms. The highest BCUT2D eigenvalue weighted by atomic mass is 35.5. The second-order valence-corrected chi connectivity index (χ2v) is 6.98. The zero-order chi connectivity index (χ0) is 17.3. The van der Waals surface area contributed by atoms with Crippen molar-refractivity contribution >= 4 is 29.1 Å². The number of carbonyl (C=O) groups is 1. The number of aromatic amines is 1. The van der Waals surface area contributed by atoms with Gasteiger partial charge >= 0.3 is 0 Å². The predicted octanol–water partition coefficient (Wildman–Crippen LogP) is 4.52. The zero-order valence-corrected chi connectivity index (χ0v) is 15.2. The van der Waals surface area contributed by atoms with Gasteiger partial charge in [0.25, 0.3) is 0 Å². The molecule has 3 nitrogen and oxygen atoms in total. The maximum atomic E-state index is 13.6. The molecular formula is C21H22ClFN2O. The minimum absolute atomic E-state index is 0. The van der Waals surface area contributed by atoms with E-state index in [-0.39, 0.29) is 24.0 Å². The summed E-state index contributed by atoms with van der Waals surface area (Å²) in [5, 5.41) is 4.41. The molecule has 1 unspecified atom stereocenters. The number of ketones is 1. The maximum Gasteiger partial charge on any atom is 0.170 e. The van der Waals surface area contributed by atoms with E-state index in [1.165, 1.54) is 6.07 Å². The van der Waals surface area contributed by atoms with Gasteiger partial charge in [0.2, 0.25) is 0 Å². The fraction of sp³-hybridized carbons (Fsp3) is 0.286. The standard InChI is InChI=1S/C21H21FN2O.ClH/c22-18-4-1-3-15(11-18)13-21(8-2-9-23-14-21)20(25)17-5-6-19-16(12-17)7-10-24-19;/h1,3-7,10-12,23-24H,2,8-9,13-14H2;1H. The van der Waals surface area contributed by atoms with Crippen LogP contribution in [0.2, 0.25) is 0 Å². The van der Waals surface area contributed by atoms with E-state index in [2.05, 4.69) is 10.3 Å². The fourth-order valence-corrected chi connectivity index (χ4v) is 3.93. The summed E-state index contributed by atoms with van der Waals surface area (Å²) >= 11 is 0. The first-order chi connectivity index (χ1) is 12.2. The number of piperidine rings is 1. The minimum Gasteiger partial charge on any atom is -0.361 e. The predicted molar refractivity (Wildman–Crippen MR) is 105 cm³/mol. The lowest BCUT2D eigenvalue weighted by atomic mass is 9.70. The van der Waals surface area contributed by atoms with Crippen molar-refractivity contribution in [1.82, 2.24) is 10.3 Å². The van der Waals surface area contributed by atoms with Gasteiger partial charge in [-0.15, -0.1) is 12.4 Å². The van der Waals surface area contributed by atoms with Gasteiger partial charge in [0.05, 0.1) is 5.41 Å². The quantitative estimate of drug-likeness (QED) is 0.661. The molecule has 1 saturated heterocycles. The van der Waals surface area contributed by atoms with Crippen molar-refractivity contribution in [2.75, 3.05) is 13.1 Å². The van der Waals surface area contributed by atoms with Crippen molar-refractivity contribution in [3.8, 4) is 0 Å². The Bertz CT molecular complexity index is 915. The summed E-state index contributed by atoms with van der Waals surface area (Å²) in [6.07, 6.45) is 4.21. The van der Waals surface area contributed by atoms with E-state index in [4.69, 9.17) is 0 Å². The van der Waals surface area contributed by atoms with Crippen molar-refractivity contribution in [1.29, 1.82) is 0 Å². The van der Waals surface area contributed by atoms with E-state index in [0.29, 0.717) is 13.0 Å². The summed E-state index contributed by atoms with van der Waals surface area (Å²) in [6, 6.07) is 14.4. The number of hydrogen-bond acceptors (Lipinski definition) is 2. The van der Waals surface area contributed by atoms with Crippen molar-refractivity contribution < 1.29 is 9.18 Å². The molecule has 5 heteroatoms. The molecule has 1 atom stereocenters. The molecule has 0 radical (unpaired) electrons. The van der Waals surface area contributed by atoms with Crippen LogP contribution in [0.25, 0.3) is 10.9 Å². The Morgan fingerprint density at radius 2 is 2.04 bits per heavy atom. The summed E-state index contributed by atoms with van der Waals surface area (Å²) < 4.78 is 13.6.